The maximum absolute atomic E-state index is 3.55. The van der Waals surface area contributed by atoms with Crippen LogP contribution in [-0.2, 0) is 0 Å². The van der Waals surface area contributed by atoms with Gasteiger partial charge in [-0.05, 0) is 30.7 Å². The van der Waals surface area contributed by atoms with Crippen LogP contribution in [0.1, 0.15) is 54.4 Å². The van der Waals surface area contributed by atoms with E-state index >= 15 is 0 Å². The van der Waals surface area contributed by atoms with Crippen molar-refractivity contribution < 1.29 is 0 Å². The van der Waals surface area contributed by atoms with Gasteiger partial charge in [0.05, 0.1) is 0 Å². The molecule has 0 spiro atoms. The predicted octanol–water partition coefficient (Wildman–Crippen LogP) is 3.69. The lowest BCUT2D eigenvalue weighted by atomic mass is 9.88. The molecule has 0 saturated heterocycles. The Morgan fingerprint density at radius 3 is 1.79 bits per heavy atom. The van der Waals surface area contributed by atoms with Crippen LogP contribution in [0.3, 0.4) is 0 Å². The Labute approximate surface area is 90.7 Å². The Kier molecular flexibility index (Phi) is 7.26. The summed E-state index contributed by atoms with van der Waals surface area (Å²) in [6, 6.07) is 0.621. The van der Waals surface area contributed by atoms with Crippen molar-refractivity contribution in [3.8, 4) is 0 Å². The summed E-state index contributed by atoms with van der Waals surface area (Å²) in [7, 11) is 0. The highest BCUT2D eigenvalue weighted by molar-refractivity contribution is 4.68. The minimum absolute atomic E-state index is 0.621. The molecule has 0 aromatic heterocycles. The first-order valence-electron chi connectivity index (χ1n) is 6.16. The van der Waals surface area contributed by atoms with Crippen LogP contribution in [0, 0.1) is 17.8 Å². The van der Waals surface area contributed by atoms with Crippen molar-refractivity contribution in [2.75, 3.05) is 6.54 Å². The molecule has 1 nitrogen and oxygen atoms in total. The maximum atomic E-state index is 3.55. The Morgan fingerprint density at radius 2 is 1.43 bits per heavy atom. The zero-order valence-corrected chi connectivity index (χ0v) is 10.9. The lowest BCUT2D eigenvalue weighted by molar-refractivity contribution is 0.309. The summed E-state index contributed by atoms with van der Waals surface area (Å²) >= 11 is 0. The number of rotatable bonds is 7. The van der Waals surface area contributed by atoms with Crippen molar-refractivity contribution in [3.63, 3.8) is 0 Å². The van der Waals surface area contributed by atoms with Crippen LogP contribution in [0.4, 0.5) is 0 Å². The minimum Gasteiger partial charge on any atom is -0.314 e. The van der Waals surface area contributed by atoms with E-state index in [2.05, 4.69) is 46.9 Å². The second kappa shape index (κ2) is 7.28. The van der Waals surface area contributed by atoms with E-state index in [1.807, 2.05) is 0 Å². The average Bonchev–Trinajstić information content (AvgIpc) is 2.02. The molecule has 0 fully saturated rings. The number of nitrogens with one attached hydrogen (secondary N) is 1. The molecule has 0 heterocycles. The van der Waals surface area contributed by atoms with Gasteiger partial charge in [0.15, 0.2) is 0 Å². The van der Waals surface area contributed by atoms with E-state index < -0.39 is 0 Å². The molecule has 0 aromatic carbocycles. The van der Waals surface area contributed by atoms with Crippen LogP contribution in [-0.4, -0.2) is 12.6 Å². The Balaban J connectivity index is 3.78. The Bertz CT molecular complexity index is 115. The first-order chi connectivity index (χ1) is 6.43. The van der Waals surface area contributed by atoms with Crippen molar-refractivity contribution >= 4 is 0 Å². The van der Waals surface area contributed by atoms with E-state index in [1.165, 1.54) is 19.4 Å². The summed E-state index contributed by atoms with van der Waals surface area (Å²) < 4.78 is 0. The van der Waals surface area contributed by atoms with Crippen LogP contribution in [0.5, 0.6) is 0 Å². The summed E-state index contributed by atoms with van der Waals surface area (Å²) in [5.41, 5.74) is 0. The van der Waals surface area contributed by atoms with Crippen molar-refractivity contribution in [2.24, 2.45) is 17.8 Å². The van der Waals surface area contributed by atoms with Crippen LogP contribution in [0.2, 0.25) is 0 Å². The van der Waals surface area contributed by atoms with E-state index in [0.29, 0.717) is 6.04 Å². The normalized spacial score (nSPS) is 14.4. The van der Waals surface area contributed by atoms with Crippen molar-refractivity contribution in [3.05, 3.63) is 0 Å². The fraction of sp³-hybridized carbons (Fsp3) is 1.00. The average molecular weight is 199 g/mol. The Morgan fingerprint density at radius 1 is 0.857 bits per heavy atom. The molecule has 0 amide bonds. The summed E-state index contributed by atoms with van der Waals surface area (Å²) in [6.07, 6.45) is 2.73. The molecule has 0 aromatic rings. The zero-order valence-electron chi connectivity index (χ0n) is 10.9. The molecule has 14 heavy (non-hydrogen) atoms. The smallest absolute Gasteiger partial charge is 0.00104 e. The number of hydrogen-bond donors (Lipinski definition) is 1. The molecule has 1 atom stereocenters. The second-order valence-corrected chi connectivity index (χ2v) is 5.54. The molecule has 86 valence electrons. The summed E-state index contributed by atoms with van der Waals surface area (Å²) in [4.78, 5) is 0. The van der Waals surface area contributed by atoms with Gasteiger partial charge >= 0.3 is 0 Å². The van der Waals surface area contributed by atoms with Crippen molar-refractivity contribution in [1.82, 2.24) is 5.32 Å². The van der Waals surface area contributed by atoms with E-state index in [1.54, 1.807) is 0 Å². The molecule has 1 N–H and O–H groups in total. The lowest BCUT2D eigenvalue weighted by Crippen LogP contribution is -2.31. The minimum atomic E-state index is 0.621. The summed E-state index contributed by atoms with van der Waals surface area (Å²) in [6.45, 7) is 14.9. The lowest BCUT2D eigenvalue weighted by Gasteiger charge is -2.23. The molecular formula is C13H29N. The van der Waals surface area contributed by atoms with Gasteiger partial charge in [0.2, 0.25) is 0 Å². The highest BCUT2D eigenvalue weighted by Gasteiger charge is 2.13. The monoisotopic (exact) mass is 199 g/mol. The topological polar surface area (TPSA) is 12.0 Å². The van der Waals surface area contributed by atoms with Gasteiger partial charge in [0.25, 0.3) is 0 Å². The van der Waals surface area contributed by atoms with Gasteiger partial charge in [-0.15, -0.1) is 0 Å². The third-order valence-electron chi connectivity index (χ3n) is 2.85. The first kappa shape index (κ1) is 14.0. The van der Waals surface area contributed by atoms with E-state index in [4.69, 9.17) is 0 Å². The third kappa shape index (κ3) is 7.37. The molecule has 0 rings (SSSR count). The van der Waals surface area contributed by atoms with Gasteiger partial charge in [0, 0.05) is 6.04 Å². The quantitative estimate of drug-likeness (QED) is 0.659. The fourth-order valence-corrected chi connectivity index (χ4v) is 1.61. The molecule has 0 bridgehead atoms. The molecular weight excluding hydrogens is 170 g/mol. The summed E-state index contributed by atoms with van der Waals surface area (Å²) in [5.74, 6) is 2.50. The molecule has 0 aliphatic heterocycles. The predicted molar refractivity (Wildman–Crippen MR) is 65.5 cm³/mol. The van der Waals surface area contributed by atoms with E-state index in [9.17, 15) is 0 Å². The SMILES string of the molecule is CC(C)CCC(CNC(C)C)C(C)C. The van der Waals surface area contributed by atoms with Gasteiger partial charge in [-0.2, -0.15) is 0 Å². The van der Waals surface area contributed by atoms with Gasteiger partial charge < -0.3 is 5.32 Å². The van der Waals surface area contributed by atoms with E-state index in [-0.39, 0.29) is 0 Å². The van der Waals surface area contributed by atoms with E-state index in [0.717, 1.165) is 17.8 Å². The molecule has 0 aliphatic carbocycles. The van der Waals surface area contributed by atoms with Crippen LogP contribution < -0.4 is 5.32 Å². The summed E-state index contributed by atoms with van der Waals surface area (Å²) in [5, 5.41) is 3.55. The fourth-order valence-electron chi connectivity index (χ4n) is 1.61. The van der Waals surface area contributed by atoms with Gasteiger partial charge in [-0.1, -0.05) is 48.0 Å². The zero-order chi connectivity index (χ0) is 11.1. The molecule has 0 radical (unpaired) electrons. The standard InChI is InChI=1S/C13H29N/c1-10(2)7-8-13(11(3)4)9-14-12(5)6/h10-14H,7-9H2,1-6H3. The third-order valence-corrected chi connectivity index (χ3v) is 2.85. The van der Waals surface area contributed by atoms with Crippen molar-refractivity contribution in [1.29, 1.82) is 0 Å². The molecule has 0 aliphatic rings. The van der Waals surface area contributed by atoms with Crippen LogP contribution >= 0.6 is 0 Å². The van der Waals surface area contributed by atoms with Gasteiger partial charge in [-0.25, -0.2) is 0 Å². The van der Waals surface area contributed by atoms with Crippen molar-refractivity contribution in [2.45, 2.75) is 60.4 Å². The second-order valence-electron chi connectivity index (χ2n) is 5.54. The highest BCUT2D eigenvalue weighted by atomic mass is 14.9. The first-order valence-corrected chi connectivity index (χ1v) is 6.16. The highest BCUT2D eigenvalue weighted by Crippen LogP contribution is 2.19. The van der Waals surface area contributed by atoms with Gasteiger partial charge in [-0.3, -0.25) is 0 Å². The molecule has 0 saturated carbocycles. The number of hydrogen-bond acceptors (Lipinski definition) is 1. The van der Waals surface area contributed by atoms with Crippen LogP contribution in [0.25, 0.3) is 0 Å². The molecule has 1 unspecified atom stereocenters. The van der Waals surface area contributed by atoms with Gasteiger partial charge in [0.1, 0.15) is 0 Å². The van der Waals surface area contributed by atoms with Crippen LogP contribution in [0.15, 0.2) is 0 Å². The Hall–Kier alpha value is -0.0400. The molecule has 1 heteroatoms. The maximum Gasteiger partial charge on any atom is 0.00104 e. The largest absolute Gasteiger partial charge is 0.314 e.